The van der Waals surface area contributed by atoms with Gasteiger partial charge in [-0.3, -0.25) is 9.78 Å². The number of carbonyl (C=O) groups excluding carboxylic acids is 1. The van der Waals surface area contributed by atoms with E-state index in [4.69, 9.17) is 0 Å². The molecule has 0 unspecified atom stereocenters. The van der Waals surface area contributed by atoms with Crippen molar-refractivity contribution in [2.24, 2.45) is 0 Å². The van der Waals surface area contributed by atoms with E-state index in [0.717, 1.165) is 27.6 Å². The van der Waals surface area contributed by atoms with Crippen molar-refractivity contribution in [2.75, 3.05) is 0 Å². The second-order valence-corrected chi connectivity index (χ2v) is 7.07. The SMILES string of the molecule is CCC(=O)N(Cc1cccnc1)Cc1cc2cc(C)cc(C)c2n2nnnc12. The summed E-state index contributed by atoms with van der Waals surface area (Å²) in [6.45, 7) is 6.95. The molecule has 4 aromatic rings. The van der Waals surface area contributed by atoms with Crippen LogP contribution < -0.4 is 0 Å². The first kappa shape index (κ1) is 18.0. The molecule has 1 aromatic carbocycles. The van der Waals surface area contributed by atoms with Crippen LogP contribution in [0.2, 0.25) is 0 Å². The first-order valence-corrected chi connectivity index (χ1v) is 9.34. The monoisotopic (exact) mass is 374 g/mol. The maximum absolute atomic E-state index is 12.6. The molecular weight excluding hydrogens is 352 g/mol. The van der Waals surface area contributed by atoms with Crippen LogP contribution in [0.25, 0.3) is 16.6 Å². The average Bonchev–Trinajstić information content (AvgIpc) is 3.17. The Morgan fingerprint density at radius 3 is 2.79 bits per heavy atom. The van der Waals surface area contributed by atoms with Gasteiger partial charge in [-0.2, -0.15) is 4.52 Å². The Kier molecular flexibility index (Phi) is 4.73. The number of nitrogens with zero attached hydrogens (tertiary/aromatic N) is 6. The molecule has 0 aliphatic carbocycles. The lowest BCUT2D eigenvalue weighted by Gasteiger charge is -2.23. The fourth-order valence-electron chi connectivity index (χ4n) is 3.67. The van der Waals surface area contributed by atoms with E-state index in [1.807, 2.05) is 24.0 Å². The molecule has 28 heavy (non-hydrogen) atoms. The summed E-state index contributed by atoms with van der Waals surface area (Å²) in [5.74, 6) is 0.0787. The summed E-state index contributed by atoms with van der Waals surface area (Å²) < 4.78 is 1.78. The molecule has 0 spiro atoms. The van der Waals surface area contributed by atoms with E-state index < -0.39 is 0 Å². The first-order valence-electron chi connectivity index (χ1n) is 9.34. The van der Waals surface area contributed by atoms with E-state index in [9.17, 15) is 4.79 Å². The van der Waals surface area contributed by atoms with Crippen molar-refractivity contribution >= 4 is 22.5 Å². The van der Waals surface area contributed by atoms with Crippen LogP contribution >= 0.6 is 0 Å². The van der Waals surface area contributed by atoms with Crippen LogP contribution in [0.15, 0.2) is 42.7 Å². The first-order chi connectivity index (χ1) is 13.6. The third kappa shape index (κ3) is 3.31. The Labute approximate surface area is 163 Å². The summed E-state index contributed by atoms with van der Waals surface area (Å²) in [4.78, 5) is 18.6. The molecule has 7 heteroatoms. The Hall–Kier alpha value is -3.35. The van der Waals surface area contributed by atoms with Gasteiger partial charge in [0.25, 0.3) is 0 Å². The minimum absolute atomic E-state index is 0.0787. The van der Waals surface area contributed by atoms with Gasteiger partial charge >= 0.3 is 0 Å². The summed E-state index contributed by atoms with van der Waals surface area (Å²) >= 11 is 0. The van der Waals surface area contributed by atoms with E-state index in [-0.39, 0.29) is 5.91 Å². The number of fused-ring (bicyclic) bond motifs is 3. The van der Waals surface area contributed by atoms with Gasteiger partial charge in [0.15, 0.2) is 5.65 Å². The Morgan fingerprint density at radius 2 is 2.04 bits per heavy atom. The van der Waals surface area contributed by atoms with E-state index in [1.165, 1.54) is 5.56 Å². The van der Waals surface area contributed by atoms with Gasteiger partial charge in [0, 0.05) is 42.9 Å². The lowest BCUT2D eigenvalue weighted by atomic mass is 10.0. The Bertz CT molecular complexity index is 1150. The summed E-state index contributed by atoms with van der Waals surface area (Å²) in [6, 6.07) is 10.2. The van der Waals surface area contributed by atoms with Gasteiger partial charge < -0.3 is 4.90 Å². The Morgan fingerprint density at radius 1 is 1.18 bits per heavy atom. The maximum Gasteiger partial charge on any atom is 0.222 e. The number of benzene rings is 1. The minimum atomic E-state index is 0.0787. The molecule has 1 amide bonds. The van der Waals surface area contributed by atoms with Crippen LogP contribution in [0.4, 0.5) is 0 Å². The number of rotatable bonds is 5. The van der Waals surface area contributed by atoms with Gasteiger partial charge in [0.2, 0.25) is 5.91 Å². The molecule has 0 aliphatic rings. The third-order valence-electron chi connectivity index (χ3n) is 4.89. The van der Waals surface area contributed by atoms with Gasteiger partial charge in [-0.05, 0) is 53.6 Å². The summed E-state index contributed by atoms with van der Waals surface area (Å²) in [5.41, 5.74) is 5.89. The fourth-order valence-corrected chi connectivity index (χ4v) is 3.67. The number of tetrazole rings is 1. The molecule has 0 atom stereocenters. The molecule has 3 aromatic heterocycles. The van der Waals surface area contributed by atoms with Crippen LogP contribution in [0, 0.1) is 13.8 Å². The lowest BCUT2D eigenvalue weighted by Crippen LogP contribution is -2.29. The highest BCUT2D eigenvalue weighted by atomic mass is 16.2. The van der Waals surface area contributed by atoms with Gasteiger partial charge in [0.05, 0.1) is 5.52 Å². The van der Waals surface area contributed by atoms with E-state index in [1.54, 1.807) is 16.9 Å². The molecule has 0 saturated carbocycles. The molecule has 3 heterocycles. The highest BCUT2D eigenvalue weighted by Crippen LogP contribution is 2.25. The molecule has 0 saturated heterocycles. The highest BCUT2D eigenvalue weighted by Gasteiger charge is 2.18. The van der Waals surface area contributed by atoms with Crippen LogP contribution in [0.1, 0.15) is 35.6 Å². The third-order valence-corrected chi connectivity index (χ3v) is 4.89. The van der Waals surface area contributed by atoms with Crippen molar-refractivity contribution in [1.82, 2.24) is 29.9 Å². The number of carbonyl (C=O) groups is 1. The highest BCUT2D eigenvalue weighted by molar-refractivity contribution is 5.86. The molecule has 0 radical (unpaired) electrons. The zero-order valence-electron chi connectivity index (χ0n) is 16.3. The zero-order valence-corrected chi connectivity index (χ0v) is 16.3. The molecule has 0 aliphatic heterocycles. The van der Waals surface area contributed by atoms with E-state index in [2.05, 4.69) is 52.6 Å². The summed E-state index contributed by atoms with van der Waals surface area (Å²) in [5, 5.41) is 13.4. The topological polar surface area (TPSA) is 76.3 Å². The summed E-state index contributed by atoms with van der Waals surface area (Å²) in [7, 11) is 0. The maximum atomic E-state index is 12.6. The van der Waals surface area contributed by atoms with Gasteiger partial charge in [-0.15, -0.1) is 5.10 Å². The smallest absolute Gasteiger partial charge is 0.222 e. The van der Waals surface area contributed by atoms with Crippen LogP contribution in [0.5, 0.6) is 0 Å². The van der Waals surface area contributed by atoms with Crippen molar-refractivity contribution in [3.05, 3.63) is 65.0 Å². The molecule has 0 bridgehead atoms. The molecule has 142 valence electrons. The van der Waals surface area contributed by atoms with E-state index in [0.29, 0.717) is 25.2 Å². The fraction of sp³-hybridized carbons (Fsp3) is 0.286. The van der Waals surface area contributed by atoms with Crippen molar-refractivity contribution in [2.45, 2.75) is 40.3 Å². The van der Waals surface area contributed by atoms with Gasteiger partial charge in [0.1, 0.15) is 0 Å². The normalized spacial score (nSPS) is 11.2. The predicted molar refractivity (Wildman–Crippen MR) is 107 cm³/mol. The molecular formula is C21H22N6O. The minimum Gasteiger partial charge on any atom is -0.334 e. The van der Waals surface area contributed by atoms with Gasteiger partial charge in [-0.25, -0.2) is 0 Å². The zero-order chi connectivity index (χ0) is 19.7. The standard InChI is InChI=1S/C21H22N6O/c1-4-19(28)26(12-16-6-5-7-22-11-16)13-18-10-17-9-14(2)8-15(3)20(17)27-21(18)23-24-25-27/h5-11H,4,12-13H2,1-3H3. The number of amides is 1. The number of hydrogen-bond donors (Lipinski definition) is 0. The average molecular weight is 374 g/mol. The van der Waals surface area contributed by atoms with Crippen LogP contribution in [-0.4, -0.2) is 35.8 Å². The van der Waals surface area contributed by atoms with Crippen molar-refractivity contribution in [1.29, 1.82) is 0 Å². The van der Waals surface area contributed by atoms with Crippen LogP contribution in [-0.2, 0) is 17.9 Å². The van der Waals surface area contributed by atoms with Crippen molar-refractivity contribution in [3.8, 4) is 0 Å². The predicted octanol–water partition coefficient (Wildman–Crippen LogP) is 3.23. The number of hydrogen-bond acceptors (Lipinski definition) is 5. The molecule has 7 nitrogen and oxygen atoms in total. The molecule has 0 N–H and O–H groups in total. The summed E-state index contributed by atoms with van der Waals surface area (Å²) in [6.07, 6.45) is 3.96. The number of aromatic nitrogens is 5. The number of pyridine rings is 2. The van der Waals surface area contributed by atoms with Gasteiger partial charge in [-0.1, -0.05) is 24.6 Å². The van der Waals surface area contributed by atoms with Crippen LogP contribution in [0.3, 0.4) is 0 Å². The second kappa shape index (κ2) is 7.34. The Balaban J connectivity index is 1.79. The second-order valence-electron chi connectivity index (χ2n) is 7.07. The largest absolute Gasteiger partial charge is 0.334 e. The lowest BCUT2D eigenvalue weighted by molar-refractivity contribution is -0.132. The quantitative estimate of drug-likeness (QED) is 0.536. The van der Waals surface area contributed by atoms with Crippen molar-refractivity contribution < 1.29 is 4.79 Å². The molecule has 4 rings (SSSR count). The molecule has 0 fully saturated rings. The van der Waals surface area contributed by atoms with E-state index >= 15 is 0 Å². The van der Waals surface area contributed by atoms with Crippen molar-refractivity contribution in [3.63, 3.8) is 0 Å². The number of aryl methyl sites for hydroxylation is 2.